The number of nitrogens with one attached hydrogen (secondary N) is 1. The fraction of sp³-hybridized carbons (Fsp3) is 0.429. The Morgan fingerprint density at radius 3 is 2.95 bits per heavy atom. The summed E-state index contributed by atoms with van der Waals surface area (Å²) in [5, 5.41) is 7.97. The van der Waals surface area contributed by atoms with E-state index in [9.17, 15) is 0 Å². The van der Waals surface area contributed by atoms with Gasteiger partial charge in [-0.25, -0.2) is 0 Å². The van der Waals surface area contributed by atoms with Crippen LogP contribution >= 0.6 is 11.6 Å². The van der Waals surface area contributed by atoms with E-state index in [2.05, 4.69) is 20.4 Å². The topological polar surface area (TPSA) is 63.4 Å². The number of benzene rings is 1. The van der Waals surface area contributed by atoms with E-state index in [1.54, 1.807) is 19.2 Å². The van der Waals surface area contributed by atoms with Crippen molar-refractivity contribution in [2.24, 2.45) is 0 Å². The predicted molar refractivity (Wildman–Crippen MR) is 79.4 cm³/mol. The van der Waals surface area contributed by atoms with E-state index in [4.69, 9.17) is 20.9 Å². The summed E-state index contributed by atoms with van der Waals surface area (Å²) in [5.74, 6) is 1.76. The van der Waals surface area contributed by atoms with Crippen molar-refractivity contribution in [2.45, 2.75) is 6.54 Å². The van der Waals surface area contributed by atoms with E-state index in [1.165, 1.54) is 0 Å². The smallest absolute Gasteiger partial charge is 0.261 e. The van der Waals surface area contributed by atoms with Crippen molar-refractivity contribution in [3.8, 4) is 17.2 Å². The zero-order valence-corrected chi connectivity index (χ0v) is 12.6. The first-order chi connectivity index (χ1) is 10.3. The highest BCUT2D eigenvalue weighted by molar-refractivity contribution is 6.30. The van der Waals surface area contributed by atoms with Gasteiger partial charge >= 0.3 is 0 Å². The Hall–Kier alpha value is -1.63. The van der Waals surface area contributed by atoms with Gasteiger partial charge < -0.3 is 14.6 Å². The molecule has 1 aliphatic rings. The second kappa shape index (κ2) is 6.43. The molecule has 0 saturated carbocycles. The second-order valence-corrected chi connectivity index (χ2v) is 5.32. The first kappa shape index (κ1) is 14.3. The third-order valence-corrected chi connectivity index (χ3v) is 3.67. The third-order valence-electron chi connectivity index (χ3n) is 3.44. The molecule has 21 heavy (non-hydrogen) atoms. The molecule has 2 aromatic rings. The first-order valence-corrected chi connectivity index (χ1v) is 7.23. The lowest BCUT2D eigenvalue weighted by Crippen LogP contribution is -2.43. The first-order valence-electron chi connectivity index (χ1n) is 6.86. The summed E-state index contributed by atoms with van der Waals surface area (Å²) in [5.41, 5.74) is 0.751. The van der Waals surface area contributed by atoms with Gasteiger partial charge in [-0.2, -0.15) is 4.98 Å². The third kappa shape index (κ3) is 3.34. The zero-order valence-electron chi connectivity index (χ0n) is 11.8. The molecule has 0 spiro atoms. The molecule has 0 amide bonds. The van der Waals surface area contributed by atoms with Gasteiger partial charge in [-0.3, -0.25) is 4.90 Å². The number of methoxy groups -OCH3 is 1. The molecule has 0 unspecified atom stereocenters. The number of nitrogens with zero attached hydrogens (tertiary/aromatic N) is 3. The standard InChI is InChI=1S/C14H17ClN4O2/c1-20-12-8-10(15)2-3-11(12)14-17-13(18-21-14)9-19-6-4-16-5-7-19/h2-3,8,16H,4-7,9H2,1H3. The van der Waals surface area contributed by atoms with Gasteiger partial charge in [0.15, 0.2) is 5.82 Å². The number of aromatic nitrogens is 2. The van der Waals surface area contributed by atoms with E-state index in [1.807, 2.05) is 6.07 Å². The molecule has 1 aliphatic heterocycles. The van der Waals surface area contributed by atoms with E-state index in [0.717, 1.165) is 31.7 Å². The van der Waals surface area contributed by atoms with Crippen LogP contribution in [-0.2, 0) is 6.54 Å². The van der Waals surface area contributed by atoms with Crippen molar-refractivity contribution in [3.63, 3.8) is 0 Å². The van der Waals surface area contributed by atoms with Crippen LogP contribution in [0.25, 0.3) is 11.5 Å². The lowest BCUT2D eigenvalue weighted by molar-refractivity contribution is 0.225. The molecule has 0 aliphatic carbocycles. The van der Waals surface area contributed by atoms with Gasteiger partial charge in [-0.05, 0) is 18.2 Å². The highest BCUT2D eigenvalue weighted by Gasteiger charge is 2.17. The highest BCUT2D eigenvalue weighted by atomic mass is 35.5. The Morgan fingerprint density at radius 1 is 1.38 bits per heavy atom. The summed E-state index contributed by atoms with van der Waals surface area (Å²) in [7, 11) is 1.59. The Kier molecular flexibility index (Phi) is 4.38. The SMILES string of the molecule is COc1cc(Cl)ccc1-c1nc(CN2CCNCC2)no1. The molecule has 1 aromatic heterocycles. The van der Waals surface area contributed by atoms with Crippen molar-refractivity contribution in [1.82, 2.24) is 20.4 Å². The molecule has 0 atom stereocenters. The van der Waals surface area contributed by atoms with Crippen molar-refractivity contribution < 1.29 is 9.26 Å². The summed E-state index contributed by atoms with van der Waals surface area (Å²) in [6.07, 6.45) is 0. The number of halogens is 1. The molecule has 1 N–H and O–H groups in total. The molecule has 0 bridgehead atoms. The lowest BCUT2D eigenvalue weighted by Gasteiger charge is -2.25. The van der Waals surface area contributed by atoms with E-state index >= 15 is 0 Å². The normalized spacial score (nSPS) is 16.1. The van der Waals surface area contributed by atoms with Crippen molar-refractivity contribution >= 4 is 11.6 Å². The fourth-order valence-corrected chi connectivity index (χ4v) is 2.50. The van der Waals surface area contributed by atoms with E-state index < -0.39 is 0 Å². The minimum atomic E-state index is 0.452. The van der Waals surface area contributed by atoms with Gasteiger partial charge in [-0.15, -0.1) is 0 Å². The molecule has 6 nitrogen and oxygen atoms in total. The summed E-state index contributed by atoms with van der Waals surface area (Å²) < 4.78 is 10.7. The molecular weight excluding hydrogens is 292 g/mol. The van der Waals surface area contributed by atoms with Crippen LogP contribution in [-0.4, -0.2) is 48.3 Å². The van der Waals surface area contributed by atoms with Gasteiger partial charge in [0.05, 0.1) is 19.2 Å². The van der Waals surface area contributed by atoms with Crippen molar-refractivity contribution in [2.75, 3.05) is 33.3 Å². The van der Waals surface area contributed by atoms with Gasteiger partial charge in [0.2, 0.25) is 0 Å². The summed E-state index contributed by atoms with van der Waals surface area (Å²) in [6, 6.07) is 5.33. The Bertz CT molecular complexity index is 611. The molecular formula is C14H17ClN4O2. The summed E-state index contributed by atoms with van der Waals surface area (Å²) >= 11 is 5.96. The average molecular weight is 309 g/mol. The molecule has 7 heteroatoms. The maximum absolute atomic E-state index is 5.96. The molecule has 1 saturated heterocycles. The molecule has 2 heterocycles. The average Bonchev–Trinajstić information content (AvgIpc) is 2.96. The molecule has 1 fully saturated rings. The molecule has 112 valence electrons. The Morgan fingerprint density at radius 2 is 2.19 bits per heavy atom. The number of ether oxygens (including phenoxy) is 1. The lowest BCUT2D eigenvalue weighted by atomic mass is 10.2. The number of hydrogen-bond acceptors (Lipinski definition) is 6. The predicted octanol–water partition coefficient (Wildman–Crippen LogP) is 1.80. The van der Waals surface area contributed by atoms with Crippen LogP contribution in [0.1, 0.15) is 5.82 Å². The highest BCUT2D eigenvalue weighted by Crippen LogP contribution is 2.31. The molecule has 1 aromatic carbocycles. The number of rotatable bonds is 4. The summed E-state index contributed by atoms with van der Waals surface area (Å²) in [4.78, 5) is 6.75. The van der Waals surface area contributed by atoms with Crippen LogP contribution in [0, 0.1) is 0 Å². The van der Waals surface area contributed by atoms with Crippen LogP contribution in [0.15, 0.2) is 22.7 Å². The molecule has 3 rings (SSSR count). The Labute approximate surface area is 128 Å². The number of piperazine rings is 1. The number of hydrogen-bond donors (Lipinski definition) is 1. The van der Waals surface area contributed by atoms with Gasteiger partial charge in [-0.1, -0.05) is 16.8 Å². The van der Waals surface area contributed by atoms with Crippen LogP contribution in [0.3, 0.4) is 0 Å². The van der Waals surface area contributed by atoms with Crippen LogP contribution < -0.4 is 10.1 Å². The fourth-order valence-electron chi connectivity index (χ4n) is 2.34. The maximum atomic E-state index is 5.96. The van der Waals surface area contributed by atoms with Gasteiger partial charge in [0.25, 0.3) is 5.89 Å². The van der Waals surface area contributed by atoms with Crippen molar-refractivity contribution in [1.29, 1.82) is 0 Å². The largest absolute Gasteiger partial charge is 0.496 e. The van der Waals surface area contributed by atoms with Crippen LogP contribution in [0.4, 0.5) is 0 Å². The van der Waals surface area contributed by atoms with E-state index in [0.29, 0.717) is 29.0 Å². The van der Waals surface area contributed by atoms with Gasteiger partial charge in [0, 0.05) is 31.2 Å². The maximum Gasteiger partial charge on any atom is 0.261 e. The summed E-state index contributed by atoms with van der Waals surface area (Å²) in [6.45, 7) is 4.68. The Balaban J connectivity index is 1.78. The minimum Gasteiger partial charge on any atom is -0.496 e. The second-order valence-electron chi connectivity index (χ2n) is 4.89. The van der Waals surface area contributed by atoms with Gasteiger partial charge in [0.1, 0.15) is 5.75 Å². The minimum absolute atomic E-state index is 0.452. The van der Waals surface area contributed by atoms with Crippen LogP contribution in [0.5, 0.6) is 5.75 Å². The van der Waals surface area contributed by atoms with Crippen LogP contribution in [0.2, 0.25) is 5.02 Å². The van der Waals surface area contributed by atoms with Crippen molar-refractivity contribution in [3.05, 3.63) is 29.0 Å². The zero-order chi connectivity index (χ0) is 14.7. The van der Waals surface area contributed by atoms with E-state index in [-0.39, 0.29) is 0 Å². The monoisotopic (exact) mass is 308 g/mol. The quantitative estimate of drug-likeness (QED) is 0.929. The molecule has 0 radical (unpaired) electrons.